The van der Waals surface area contributed by atoms with Gasteiger partial charge in [-0.25, -0.2) is 4.79 Å². The molecular weight excluding hydrogens is 238 g/mol. The zero-order valence-corrected chi connectivity index (χ0v) is 12.0. The normalized spacial score (nSPS) is 24.9. The van der Waals surface area contributed by atoms with Crippen LogP contribution in [0.25, 0.3) is 0 Å². The zero-order chi connectivity index (χ0) is 13.2. The average molecular weight is 259 g/mol. The van der Waals surface area contributed by atoms with E-state index >= 15 is 0 Å². The molecule has 17 heavy (non-hydrogen) atoms. The quantitative estimate of drug-likeness (QED) is 0.726. The van der Waals surface area contributed by atoms with E-state index in [0.717, 1.165) is 6.42 Å². The van der Waals surface area contributed by atoms with Crippen molar-refractivity contribution in [1.82, 2.24) is 4.90 Å². The van der Waals surface area contributed by atoms with Gasteiger partial charge in [0.2, 0.25) is 0 Å². The third-order valence-corrected chi connectivity index (χ3v) is 3.50. The van der Waals surface area contributed by atoms with Crippen molar-refractivity contribution in [1.29, 1.82) is 0 Å². The van der Waals surface area contributed by atoms with Crippen molar-refractivity contribution >= 4 is 23.0 Å². The molecule has 0 aromatic rings. The third kappa shape index (κ3) is 4.58. The highest BCUT2D eigenvalue weighted by Crippen LogP contribution is 2.28. The largest absolute Gasteiger partial charge is 0.444 e. The van der Waals surface area contributed by atoms with Gasteiger partial charge >= 0.3 is 6.09 Å². The number of thioether (sulfide) groups is 1. The molecule has 0 aromatic carbocycles. The van der Waals surface area contributed by atoms with Gasteiger partial charge < -0.3 is 9.64 Å². The highest BCUT2D eigenvalue weighted by atomic mass is 32.2. The van der Waals surface area contributed by atoms with Gasteiger partial charge in [-0.3, -0.25) is 4.79 Å². The summed E-state index contributed by atoms with van der Waals surface area (Å²) in [6, 6.07) is 0.140. The van der Waals surface area contributed by atoms with Crippen LogP contribution >= 0.6 is 11.8 Å². The number of amides is 1. The molecule has 0 aromatic heterocycles. The summed E-state index contributed by atoms with van der Waals surface area (Å²) in [5, 5.41) is 0.309. The van der Waals surface area contributed by atoms with Crippen molar-refractivity contribution in [2.24, 2.45) is 0 Å². The van der Waals surface area contributed by atoms with Gasteiger partial charge in [0.1, 0.15) is 5.60 Å². The molecule has 1 amide bonds. The van der Waals surface area contributed by atoms with E-state index < -0.39 is 5.60 Å². The average Bonchev–Trinajstić information content (AvgIpc) is 2.42. The lowest BCUT2D eigenvalue weighted by Gasteiger charge is -2.26. The molecule has 1 aliphatic heterocycles. The first-order valence-electron chi connectivity index (χ1n) is 5.86. The molecule has 0 unspecified atom stereocenters. The number of likely N-dealkylation sites (tertiary alicyclic amines) is 1. The lowest BCUT2D eigenvalue weighted by atomic mass is 10.2. The minimum absolute atomic E-state index is 0.105. The Kier molecular flexibility index (Phi) is 4.47. The predicted molar refractivity (Wildman–Crippen MR) is 69.1 cm³/mol. The van der Waals surface area contributed by atoms with E-state index in [1.54, 1.807) is 11.8 Å². The van der Waals surface area contributed by atoms with E-state index in [2.05, 4.69) is 0 Å². The Morgan fingerprint density at radius 1 is 1.35 bits per heavy atom. The lowest BCUT2D eigenvalue weighted by molar-refractivity contribution is -0.109. The fraction of sp³-hybridized carbons (Fsp3) is 0.833. The molecule has 0 aliphatic carbocycles. The molecule has 2 atom stereocenters. The number of nitrogens with zero attached hydrogens (tertiary/aromatic N) is 1. The van der Waals surface area contributed by atoms with Crippen molar-refractivity contribution in [3.05, 3.63) is 0 Å². The van der Waals surface area contributed by atoms with Gasteiger partial charge in [-0.05, 0) is 34.1 Å². The SMILES string of the molecule is CC(=O)S[C@H]1C[C@H](C)N(C(=O)OC(C)(C)C)C1. The Balaban J connectivity index is 2.55. The summed E-state index contributed by atoms with van der Waals surface area (Å²) in [4.78, 5) is 24.7. The van der Waals surface area contributed by atoms with Crippen LogP contribution < -0.4 is 0 Å². The van der Waals surface area contributed by atoms with Crippen molar-refractivity contribution in [2.75, 3.05) is 6.54 Å². The Bertz CT molecular complexity index is 311. The van der Waals surface area contributed by atoms with E-state index in [1.807, 2.05) is 27.7 Å². The summed E-state index contributed by atoms with van der Waals surface area (Å²) in [6.45, 7) is 9.71. The van der Waals surface area contributed by atoms with Crippen molar-refractivity contribution < 1.29 is 14.3 Å². The number of ether oxygens (including phenoxy) is 1. The van der Waals surface area contributed by atoms with Crippen LogP contribution in [0.5, 0.6) is 0 Å². The van der Waals surface area contributed by atoms with Crippen LogP contribution in [-0.2, 0) is 9.53 Å². The molecule has 1 saturated heterocycles. The first-order valence-corrected chi connectivity index (χ1v) is 6.74. The van der Waals surface area contributed by atoms with Crippen molar-refractivity contribution in [3.63, 3.8) is 0 Å². The highest BCUT2D eigenvalue weighted by molar-refractivity contribution is 8.14. The fourth-order valence-corrected chi connectivity index (χ4v) is 2.96. The maximum atomic E-state index is 11.9. The predicted octanol–water partition coefficient (Wildman–Crippen LogP) is 2.66. The Morgan fingerprint density at radius 3 is 2.41 bits per heavy atom. The minimum Gasteiger partial charge on any atom is -0.444 e. The monoisotopic (exact) mass is 259 g/mol. The van der Waals surface area contributed by atoms with Crippen LogP contribution in [0.15, 0.2) is 0 Å². The molecular formula is C12H21NO3S. The molecule has 0 spiro atoms. The number of rotatable bonds is 1. The van der Waals surface area contributed by atoms with Crippen LogP contribution in [-0.4, -0.2) is 39.5 Å². The molecule has 0 radical (unpaired) electrons. The molecule has 4 nitrogen and oxygen atoms in total. The summed E-state index contributed by atoms with van der Waals surface area (Å²) >= 11 is 1.32. The maximum Gasteiger partial charge on any atom is 0.410 e. The molecule has 1 rings (SSSR count). The van der Waals surface area contributed by atoms with Crippen LogP contribution in [0.1, 0.15) is 41.0 Å². The Hall–Kier alpha value is -0.710. The summed E-state index contributed by atoms with van der Waals surface area (Å²) in [5.41, 5.74) is -0.470. The number of hydrogen-bond donors (Lipinski definition) is 0. The smallest absolute Gasteiger partial charge is 0.410 e. The molecule has 0 saturated carbocycles. The van der Waals surface area contributed by atoms with Gasteiger partial charge in [0.05, 0.1) is 0 Å². The molecule has 0 bridgehead atoms. The van der Waals surface area contributed by atoms with Gasteiger partial charge in [0.15, 0.2) is 5.12 Å². The van der Waals surface area contributed by atoms with Crippen molar-refractivity contribution in [2.45, 2.75) is 57.9 Å². The van der Waals surface area contributed by atoms with E-state index in [0.29, 0.717) is 6.54 Å². The molecule has 1 fully saturated rings. The summed E-state index contributed by atoms with van der Waals surface area (Å²) in [6.07, 6.45) is 0.570. The molecule has 5 heteroatoms. The Morgan fingerprint density at radius 2 is 1.94 bits per heavy atom. The number of hydrogen-bond acceptors (Lipinski definition) is 4. The first kappa shape index (κ1) is 14.4. The second-order valence-corrected chi connectivity index (χ2v) is 6.93. The summed E-state index contributed by atoms with van der Waals surface area (Å²) in [7, 11) is 0. The second-order valence-electron chi connectivity index (χ2n) is 5.45. The Labute approximate surface area is 107 Å². The molecule has 1 heterocycles. The number of carbonyl (C=O) groups is 2. The minimum atomic E-state index is -0.470. The summed E-state index contributed by atoms with van der Waals surface area (Å²) in [5.74, 6) is 0. The molecule has 0 N–H and O–H groups in total. The van der Waals surface area contributed by atoms with Gasteiger partial charge in [0, 0.05) is 24.8 Å². The maximum absolute atomic E-state index is 11.9. The molecule has 98 valence electrons. The van der Waals surface area contributed by atoms with Crippen LogP contribution in [0.2, 0.25) is 0 Å². The zero-order valence-electron chi connectivity index (χ0n) is 11.1. The summed E-state index contributed by atoms with van der Waals surface area (Å²) < 4.78 is 5.34. The lowest BCUT2D eigenvalue weighted by Crippen LogP contribution is -2.39. The van der Waals surface area contributed by atoms with Crippen LogP contribution in [0, 0.1) is 0 Å². The fourth-order valence-electron chi connectivity index (χ4n) is 1.88. The number of carbonyl (C=O) groups excluding carboxylic acids is 2. The van der Waals surface area contributed by atoms with E-state index in [9.17, 15) is 9.59 Å². The van der Waals surface area contributed by atoms with Gasteiger partial charge in [-0.2, -0.15) is 0 Å². The van der Waals surface area contributed by atoms with Gasteiger partial charge in [-0.1, -0.05) is 11.8 Å². The van der Waals surface area contributed by atoms with Gasteiger partial charge in [0.25, 0.3) is 0 Å². The first-order chi connectivity index (χ1) is 7.69. The third-order valence-electron chi connectivity index (χ3n) is 2.50. The van der Waals surface area contributed by atoms with E-state index in [4.69, 9.17) is 4.74 Å². The molecule has 1 aliphatic rings. The second kappa shape index (κ2) is 5.29. The standard InChI is InChI=1S/C12H21NO3S/c1-8-6-10(17-9(2)14)7-13(8)11(15)16-12(3,4)5/h8,10H,6-7H2,1-5H3/t8-,10-/m0/s1. The van der Waals surface area contributed by atoms with Crippen LogP contribution in [0.3, 0.4) is 0 Å². The highest BCUT2D eigenvalue weighted by Gasteiger charge is 2.35. The van der Waals surface area contributed by atoms with Gasteiger partial charge in [-0.15, -0.1) is 0 Å². The van der Waals surface area contributed by atoms with Crippen molar-refractivity contribution in [3.8, 4) is 0 Å². The van der Waals surface area contributed by atoms with E-state index in [-0.39, 0.29) is 22.5 Å². The van der Waals surface area contributed by atoms with E-state index in [1.165, 1.54) is 11.8 Å². The topological polar surface area (TPSA) is 46.6 Å². The van der Waals surface area contributed by atoms with Crippen LogP contribution in [0.4, 0.5) is 4.79 Å².